The van der Waals surface area contributed by atoms with E-state index in [1.54, 1.807) is 0 Å². The van der Waals surface area contributed by atoms with Gasteiger partial charge in [0.15, 0.2) is 0 Å². The summed E-state index contributed by atoms with van der Waals surface area (Å²) >= 11 is 0. The maximum atomic E-state index is 11.7. The number of carbonyl (C=O) groups excluding carboxylic acids is 1. The third-order valence-corrected chi connectivity index (χ3v) is 5.40. The third kappa shape index (κ3) is 23.2. The van der Waals surface area contributed by atoms with Crippen molar-refractivity contribution in [1.29, 1.82) is 0 Å². The van der Waals surface area contributed by atoms with Crippen molar-refractivity contribution < 1.29 is 9.53 Å². The van der Waals surface area contributed by atoms with Crippen molar-refractivity contribution in [1.82, 2.24) is 0 Å². The van der Waals surface area contributed by atoms with Crippen LogP contribution in [0, 0.1) is 0 Å². The summed E-state index contributed by atoms with van der Waals surface area (Å²) in [7, 11) is 0. The Kier molecular flexibility index (Phi) is 23.6. The largest absolute Gasteiger partial charge is 0.466 e. The molecule has 0 fully saturated rings. The molecular weight excluding hydrogens is 344 g/mol. The lowest BCUT2D eigenvalue weighted by Gasteiger charge is -2.05. The molecule has 2 nitrogen and oxygen atoms in total. The second-order valence-corrected chi connectivity index (χ2v) is 8.32. The second-order valence-electron chi connectivity index (χ2n) is 8.32. The van der Waals surface area contributed by atoms with Gasteiger partial charge in [-0.05, 0) is 32.1 Å². The normalized spacial score (nSPS) is 11.4. The Morgan fingerprint density at radius 3 is 1.64 bits per heavy atom. The highest BCUT2D eigenvalue weighted by molar-refractivity contribution is 5.69. The van der Waals surface area contributed by atoms with Gasteiger partial charge in [0.1, 0.15) is 0 Å². The van der Waals surface area contributed by atoms with Gasteiger partial charge in [0, 0.05) is 6.42 Å². The van der Waals surface area contributed by atoms with Gasteiger partial charge in [-0.25, -0.2) is 0 Å². The molecule has 166 valence electrons. The first kappa shape index (κ1) is 27.2. The SMILES string of the molecule is CCCC/C=C\CCCCCCCCOC(=O)CCCCCCCCCCC. The monoisotopic (exact) mass is 394 g/mol. The van der Waals surface area contributed by atoms with Crippen molar-refractivity contribution in [3.8, 4) is 0 Å². The van der Waals surface area contributed by atoms with Crippen LogP contribution in [-0.4, -0.2) is 12.6 Å². The number of unbranched alkanes of at least 4 members (excludes halogenated alkanes) is 16. The third-order valence-electron chi connectivity index (χ3n) is 5.40. The Balaban J connectivity index is 3.18. The number of allylic oxidation sites excluding steroid dienone is 2. The zero-order valence-corrected chi connectivity index (χ0v) is 19.3. The fourth-order valence-electron chi connectivity index (χ4n) is 3.47. The van der Waals surface area contributed by atoms with Crippen molar-refractivity contribution >= 4 is 5.97 Å². The average Bonchev–Trinajstić information content (AvgIpc) is 2.70. The molecule has 0 rings (SSSR count). The molecule has 0 aliphatic rings. The van der Waals surface area contributed by atoms with Crippen molar-refractivity contribution in [3.63, 3.8) is 0 Å². The van der Waals surface area contributed by atoms with Gasteiger partial charge in [-0.2, -0.15) is 0 Å². The van der Waals surface area contributed by atoms with E-state index < -0.39 is 0 Å². The lowest BCUT2D eigenvalue weighted by atomic mass is 10.1. The van der Waals surface area contributed by atoms with Gasteiger partial charge in [-0.1, -0.05) is 116 Å². The average molecular weight is 395 g/mol. The minimum atomic E-state index is 0.0119. The molecule has 0 aliphatic heterocycles. The van der Waals surface area contributed by atoms with Crippen LogP contribution in [0.25, 0.3) is 0 Å². The van der Waals surface area contributed by atoms with E-state index in [4.69, 9.17) is 4.74 Å². The number of esters is 1. The molecular formula is C26H50O2. The Bertz CT molecular complexity index is 335. The topological polar surface area (TPSA) is 26.3 Å². The van der Waals surface area contributed by atoms with E-state index in [1.807, 2.05) is 0 Å². The van der Waals surface area contributed by atoms with E-state index in [2.05, 4.69) is 26.0 Å². The summed E-state index contributed by atoms with van der Waals surface area (Å²) in [5, 5.41) is 0. The van der Waals surface area contributed by atoms with Crippen molar-refractivity contribution in [2.45, 2.75) is 142 Å². The molecule has 0 radical (unpaired) electrons. The van der Waals surface area contributed by atoms with Crippen LogP contribution in [0.4, 0.5) is 0 Å². The van der Waals surface area contributed by atoms with Crippen molar-refractivity contribution in [3.05, 3.63) is 12.2 Å². The summed E-state index contributed by atoms with van der Waals surface area (Å²) in [6, 6.07) is 0. The highest BCUT2D eigenvalue weighted by atomic mass is 16.5. The van der Waals surface area contributed by atoms with Gasteiger partial charge >= 0.3 is 5.97 Å². The second kappa shape index (κ2) is 24.2. The summed E-state index contributed by atoms with van der Waals surface area (Å²) in [6.07, 6.45) is 29.5. The van der Waals surface area contributed by atoms with Gasteiger partial charge < -0.3 is 4.74 Å². The Labute approximate surface area is 176 Å². The van der Waals surface area contributed by atoms with Gasteiger partial charge in [-0.3, -0.25) is 4.79 Å². The van der Waals surface area contributed by atoms with Crippen LogP contribution in [0.1, 0.15) is 142 Å². The summed E-state index contributed by atoms with van der Waals surface area (Å²) in [6.45, 7) is 5.12. The predicted octanol–water partition coefficient (Wildman–Crippen LogP) is 8.93. The van der Waals surface area contributed by atoms with Crippen LogP contribution in [0.3, 0.4) is 0 Å². The molecule has 2 heteroatoms. The first-order chi connectivity index (χ1) is 13.8. The molecule has 0 N–H and O–H groups in total. The highest BCUT2D eigenvalue weighted by Gasteiger charge is 2.02. The van der Waals surface area contributed by atoms with E-state index in [9.17, 15) is 4.79 Å². The molecule has 0 aromatic heterocycles. The predicted molar refractivity (Wildman–Crippen MR) is 124 cm³/mol. The molecule has 0 spiro atoms. The number of carbonyl (C=O) groups is 1. The summed E-state index contributed by atoms with van der Waals surface area (Å²) in [5.41, 5.74) is 0. The van der Waals surface area contributed by atoms with Crippen molar-refractivity contribution in [2.24, 2.45) is 0 Å². The fourth-order valence-corrected chi connectivity index (χ4v) is 3.47. The van der Waals surface area contributed by atoms with Gasteiger partial charge in [0.25, 0.3) is 0 Å². The Morgan fingerprint density at radius 2 is 1.04 bits per heavy atom. The molecule has 0 heterocycles. The fraction of sp³-hybridized carbons (Fsp3) is 0.885. The molecule has 0 bridgehead atoms. The molecule has 0 atom stereocenters. The molecule has 0 amide bonds. The smallest absolute Gasteiger partial charge is 0.305 e. The van der Waals surface area contributed by atoms with E-state index in [1.165, 1.54) is 109 Å². The first-order valence-corrected chi connectivity index (χ1v) is 12.6. The Hall–Kier alpha value is -0.790. The summed E-state index contributed by atoms with van der Waals surface area (Å²) in [4.78, 5) is 11.7. The van der Waals surface area contributed by atoms with Crippen LogP contribution in [0.15, 0.2) is 12.2 Å². The molecule has 0 saturated heterocycles. The van der Waals surface area contributed by atoms with Gasteiger partial charge in [-0.15, -0.1) is 0 Å². The minimum Gasteiger partial charge on any atom is -0.466 e. The molecule has 0 saturated carbocycles. The van der Waals surface area contributed by atoms with Crippen LogP contribution >= 0.6 is 0 Å². The van der Waals surface area contributed by atoms with Crippen LogP contribution in [0.5, 0.6) is 0 Å². The lowest BCUT2D eigenvalue weighted by molar-refractivity contribution is -0.143. The number of rotatable bonds is 22. The Morgan fingerprint density at radius 1 is 0.571 bits per heavy atom. The molecule has 0 aliphatic carbocycles. The maximum absolute atomic E-state index is 11.7. The standard InChI is InChI=1S/C26H50O2/c1-3-5-7-9-11-13-14-15-17-19-21-23-25-28-26(27)24-22-20-18-16-12-10-8-6-4-2/h9,11H,3-8,10,12-25H2,1-2H3/b11-9-. The molecule has 0 aromatic carbocycles. The van der Waals surface area contributed by atoms with E-state index in [0.717, 1.165) is 12.8 Å². The van der Waals surface area contributed by atoms with E-state index in [0.29, 0.717) is 13.0 Å². The first-order valence-electron chi connectivity index (χ1n) is 12.6. The zero-order valence-electron chi connectivity index (χ0n) is 19.3. The van der Waals surface area contributed by atoms with Crippen LogP contribution in [-0.2, 0) is 9.53 Å². The quantitative estimate of drug-likeness (QED) is 0.104. The van der Waals surface area contributed by atoms with Crippen LogP contribution < -0.4 is 0 Å². The van der Waals surface area contributed by atoms with E-state index >= 15 is 0 Å². The summed E-state index contributed by atoms with van der Waals surface area (Å²) in [5.74, 6) is 0.0119. The van der Waals surface area contributed by atoms with Gasteiger partial charge in [0.05, 0.1) is 6.61 Å². The lowest BCUT2D eigenvalue weighted by Crippen LogP contribution is -2.05. The molecule has 0 unspecified atom stereocenters. The van der Waals surface area contributed by atoms with E-state index in [-0.39, 0.29) is 5.97 Å². The molecule has 0 aromatic rings. The maximum Gasteiger partial charge on any atom is 0.305 e. The van der Waals surface area contributed by atoms with Crippen LogP contribution in [0.2, 0.25) is 0 Å². The number of ether oxygens (including phenoxy) is 1. The molecule has 28 heavy (non-hydrogen) atoms. The minimum absolute atomic E-state index is 0.0119. The number of hydrogen-bond donors (Lipinski definition) is 0. The highest BCUT2D eigenvalue weighted by Crippen LogP contribution is 2.11. The zero-order chi connectivity index (χ0) is 20.5. The number of hydrogen-bond acceptors (Lipinski definition) is 2. The van der Waals surface area contributed by atoms with Gasteiger partial charge in [0.2, 0.25) is 0 Å². The van der Waals surface area contributed by atoms with Crippen molar-refractivity contribution in [2.75, 3.05) is 6.61 Å². The summed E-state index contributed by atoms with van der Waals surface area (Å²) < 4.78 is 5.36.